The van der Waals surface area contributed by atoms with Gasteiger partial charge in [0, 0.05) is 19.2 Å². The lowest BCUT2D eigenvalue weighted by atomic mass is 9.99. The minimum atomic E-state index is 0.549. The van der Waals surface area contributed by atoms with Gasteiger partial charge >= 0.3 is 0 Å². The van der Waals surface area contributed by atoms with E-state index < -0.39 is 0 Å². The summed E-state index contributed by atoms with van der Waals surface area (Å²) in [6.07, 6.45) is 3.88. The van der Waals surface area contributed by atoms with Crippen LogP contribution in [0.15, 0.2) is 0 Å². The molecular weight excluding hydrogens is 200 g/mol. The highest BCUT2D eigenvalue weighted by Crippen LogP contribution is 2.18. The molecule has 1 rings (SSSR count). The number of rotatable bonds is 5. The molecule has 0 aromatic carbocycles. The summed E-state index contributed by atoms with van der Waals surface area (Å²) >= 11 is 0. The van der Waals surface area contributed by atoms with Crippen LogP contribution in [0.3, 0.4) is 0 Å². The molecule has 1 heterocycles. The van der Waals surface area contributed by atoms with Gasteiger partial charge in [-0.05, 0) is 45.3 Å². The van der Waals surface area contributed by atoms with E-state index in [1.165, 1.54) is 25.8 Å². The van der Waals surface area contributed by atoms with Crippen molar-refractivity contribution in [3.05, 3.63) is 0 Å². The highest BCUT2D eigenvalue weighted by atomic mass is 16.5. The first kappa shape index (κ1) is 13.9. The molecule has 0 aliphatic carbocycles. The molecule has 3 nitrogen and oxygen atoms in total. The first-order valence-electron chi connectivity index (χ1n) is 6.58. The van der Waals surface area contributed by atoms with Gasteiger partial charge in [-0.2, -0.15) is 0 Å². The Morgan fingerprint density at radius 1 is 1.31 bits per heavy atom. The molecule has 0 aromatic rings. The fourth-order valence-corrected chi connectivity index (χ4v) is 2.63. The Kier molecular flexibility index (Phi) is 6.32. The Balaban J connectivity index is 2.53. The molecule has 1 aliphatic rings. The van der Waals surface area contributed by atoms with Crippen molar-refractivity contribution in [1.29, 1.82) is 0 Å². The van der Waals surface area contributed by atoms with E-state index in [4.69, 9.17) is 4.74 Å². The van der Waals surface area contributed by atoms with Crippen molar-refractivity contribution in [2.24, 2.45) is 5.92 Å². The van der Waals surface area contributed by atoms with Gasteiger partial charge in [-0.3, -0.25) is 4.90 Å². The molecule has 2 atom stereocenters. The molecule has 0 saturated carbocycles. The molecule has 2 unspecified atom stereocenters. The van der Waals surface area contributed by atoms with Crippen LogP contribution in [-0.4, -0.2) is 50.8 Å². The van der Waals surface area contributed by atoms with E-state index in [9.17, 15) is 0 Å². The number of likely N-dealkylation sites (N-methyl/N-ethyl adjacent to an activating group) is 1. The molecule has 0 aromatic heterocycles. The summed E-state index contributed by atoms with van der Waals surface area (Å²) in [5.74, 6) is 0.654. The largest absolute Gasteiger partial charge is 0.383 e. The third-order valence-electron chi connectivity index (χ3n) is 3.75. The molecule has 1 saturated heterocycles. The summed E-state index contributed by atoms with van der Waals surface area (Å²) in [6, 6.07) is 1.27. The molecule has 0 radical (unpaired) electrons. The molecule has 96 valence electrons. The Labute approximate surface area is 101 Å². The highest BCUT2D eigenvalue weighted by molar-refractivity contribution is 4.81. The summed E-state index contributed by atoms with van der Waals surface area (Å²) in [5.41, 5.74) is 0. The van der Waals surface area contributed by atoms with Crippen molar-refractivity contribution in [1.82, 2.24) is 10.2 Å². The van der Waals surface area contributed by atoms with E-state index in [1.807, 2.05) is 0 Å². The number of hydrogen-bond donors (Lipinski definition) is 1. The Hall–Kier alpha value is -0.120. The first-order valence-corrected chi connectivity index (χ1v) is 6.58. The van der Waals surface area contributed by atoms with Crippen LogP contribution in [0, 0.1) is 5.92 Å². The average molecular weight is 228 g/mol. The number of nitrogens with zero attached hydrogens (tertiary/aromatic N) is 1. The van der Waals surface area contributed by atoms with Gasteiger partial charge in [0.25, 0.3) is 0 Å². The molecule has 3 heteroatoms. The van der Waals surface area contributed by atoms with Gasteiger partial charge in [-0.25, -0.2) is 0 Å². The van der Waals surface area contributed by atoms with Crippen LogP contribution in [0.2, 0.25) is 0 Å². The number of nitrogens with one attached hydrogen (secondary N) is 1. The minimum absolute atomic E-state index is 0.549. The van der Waals surface area contributed by atoms with Crippen LogP contribution in [0.1, 0.15) is 33.1 Å². The van der Waals surface area contributed by atoms with Crippen LogP contribution in [0.4, 0.5) is 0 Å². The predicted molar refractivity (Wildman–Crippen MR) is 68.8 cm³/mol. The zero-order valence-electron chi connectivity index (χ0n) is 11.3. The monoisotopic (exact) mass is 228 g/mol. The summed E-state index contributed by atoms with van der Waals surface area (Å²) < 4.78 is 5.35. The van der Waals surface area contributed by atoms with Crippen LogP contribution >= 0.6 is 0 Å². The maximum Gasteiger partial charge on any atom is 0.0620 e. The standard InChI is InChI=1S/C13H28N2O/c1-11(2)13(10-16-4)15(3)12-6-5-8-14-9-7-12/h11-14H,5-10H2,1-4H3. The average Bonchev–Trinajstić information content (AvgIpc) is 2.53. The molecule has 0 bridgehead atoms. The van der Waals surface area contributed by atoms with Gasteiger partial charge in [-0.15, -0.1) is 0 Å². The van der Waals surface area contributed by atoms with E-state index in [-0.39, 0.29) is 0 Å². The van der Waals surface area contributed by atoms with E-state index in [2.05, 4.69) is 31.1 Å². The summed E-state index contributed by atoms with van der Waals surface area (Å²) in [7, 11) is 4.07. The highest BCUT2D eigenvalue weighted by Gasteiger charge is 2.25. The van der Waals surface area contributed by atoms with Crippen molar-refractivity contribution >= 4 is 0 Å². The number of methoxy groups -OCH3 is 1. The lowest BCUT2D eigenvalue weighted by Crippen LogP contribution is -2.45. The van der Waals surface area contributed by atoms with Gasteiger partial charge < -0.3 is 10.1 Å². The fourth-order valence-electron chi connectivity index (χ4n) is 2.63. The number of hydrogen-bond acceptors (Lipinski definition) is 3. The predicted octanol–water partition coefficient (Wildman–Crippen LogP) is 1.73. The molecule has 1 N–H and O–H groups in total. The minimum Gasteiger partial charge on any atom is -0.383 e. The summed E-state index contributed by atoms with van der Waals surface area (Å²) in [6.45, 7) is 7.76. The van der Waals surface area contributed by atoms with Gasteiger partial charge in [0.2, 0.25) is 0 Å². The van der Waals surface area contributed by atoms with Crippen molar-refractivity contribution in [2.75, 3.05) is 33.9 Å². The first-order chi connectivity index (χ1) is 7.66. The normalized spacial score (nSPS) is 24.8. The number of ether oxygens (including phenoxy) is 1. The van der Waals surface area contributed by atoms with Gasteiger partial charge in [0.1, 0.15) is 0 Å². The topological polar surface area (TPSA) is 24.5 Å². The second kappa shape index (κ2) is 7.25. The third kappa shape index (κ3) is 4.04. The third-order valence-corrected chi connectivity index (χ3v) is 3.75. The Morgan fingerprint density at radius 2 is 2.06 bits per heavy atom. The van der Waals surface area contributed by atoms with Crippen LogP contribution in [0.25, 0.3) is 0 Å². The van der Waals surface area contributed by atoms with Gasteiger partial charge in [0.15, 0.2) is 0 Å². The second-order valence-corrected chi connectivity index (χ2v) is 5.27. The second-order valence-electron chi connectivity index (χ2n) is 5.27. The zero-order valence-corrected chi connectivity index (χ0v) is 11.3. The van der Waals surface area contributed by atoms with E-state index >= 15 is 0 Å². The van der Waals surface area contributed by atoms with Crippen molar-refractivity contribution in [3.8, 4) is 0 Å². The zero-order chi connectivity index (χ0) is 12.0. The Morgan fingerprint density at radius 3 is 2.69 bits per heavy atom. The van der Waals surface area contributed by atoms with Gasteiger partial charge in [-0.1, -0.05) is 13.8 Å². The lowest BCUT2D eigenvalue weighted by molar-refractivity contribution is 0.0510. The van der Waals surface area contributed by atoms with E-state index in [0.29, 0.717) is 12.0 Å². The summed E-state index contributed by atoms with van der Waals surface area (Å²) in [4.78, 5) is 2.54. The smallest absolute Gasteiger partial charge is 0.0620 e. The van der Waals surface area contributed by atoms with E-state index in [0.717, 1.165) is 19.2 Å². The lowest BCUT2D eigenvalue weighted by Gasteiger charge is -2.36. The Bertz CT molecular complexity index is 177. The van der Waals surface area contributed by atoms with Crippen molar-refractivity contribution in [2.45, 2.75) is 45.2 Å². The molecule has 0 spiro atoms. The van der Waals surface area contributed by atoms with Crippen molar-refractivity contribution < 1.29 is 4.74 Å². The van der Waals surface area contributed by atoms with Gasteiger partial charge in [0.05, 0.1) is 6.61 Å². The van der Waals surface area contributed by atoms with E-state index in [1.54, 1.807) is 7.11 Å². The fraction of sp³-hybridized carbons (Fsp3) is 1.00. The molecule has 1 fully saturated rings. The van der Waals surface area contributed by atoms with Crippen LogP contribution in [-0.2, 0) is 4.74 Å². The maximum absolute atomic E-state index is 5.35. The van der Waals surface area contributed by atoms with Crippen LogP contribution in [0.5, 0.6) is 0 Å². The van der Waals surface area contributed by atoms with Crippen molar-refractivity contribution in [3.63, 3.8) is 0 Å². The van der Waals surface area contributed by atoms with Crippen LogP contribution < -0.4 is 5.32 Å². The molecule has 1 aliphatic heterocycles. The SMILES string of the molecule is COCC(C(C)C)N(C)C1CCCNCC1. The molecule has 16 heavy (non-hydrogen) atoms. The molecular formula is C13H28N2O. The molecule has 0 amide bonds. The quantitative estimate of drug-likeness (QED) is 0.775. The maximum atomic E-state index is 5.35. The summed E-state index contributed by atoms with van der Waals surface area (Å²) in [5, 5.41) is 3.47.